The average Bonchev–Trinajstić information content (AvgIpc) is 3.41. The van der Waals surface area contributed by atoms with E-state index in [0.717, 1.165) is 0 Å². The highest BCUT2D eigenvalue weighted by Crippen LogP contribution is 2.40. The van der Waals surface area contributed by atoms with Gasteiger partial charge in [0.2, 0.25) is 0 Å². The van der Waals surface area contributed by atoms with Crippen molar-refractivity contribution in [1.29, 1.82) is 0 Å². The van der Waals surface area contributed by atoms with Gasteiger partial charge in [-0.25, -0.2) is 4.98 Å². The molecular weight excluding hydrogens is 430 g/mol. The molecule has 1 aromatic heterocycles. The number of hydrogen-bond acceptors (Lipinski definition) is 5. The van der Waals surface area contributed by atoms with Crippen LogP contribution in [0.3, 0.4) is 0 Å². The zero-order valence-electron chi connectivity index (χ0n) is 17.4. The molecule has 164 valence electrons. The number of imidazole rings is 1. The first-order chi connectivity index (χ1) is 15.5. The minimum absolute atomic E-state index is 0.0493. The van der Waals surface area contributed by atoms with Gasteiger partial charge < -0.3 is 19.3 Å². The van der Waals surface area contributed by atoms with Crippen molar-refractivity contribution >= 4 is 29.1 Å². The molecule has 1 unspecified atom stereocenters. The number of aryl methyl sites for hydroxylation is 1. The molecule has 0 aliphatic carbocycles. The number of aliphatic hydroxyl groups is 1. The minimum Gasteiger partial charge on any atom is -0.507 e. The second kappa shape index (κ2) is 9.28. The summed E-state index contributed by atoms with van der Waals surface area (Å²) in [7, 11) is 1.52. The molecule has 2 aromatic carbocycles. The van der Waals surface area contributed by atoms with E-state index in [9.17, 15) is 14.7 Å². The number of benzene rings is 2. The van der Waals surface area contributed by atoms with E-state index in [1.807, 2.05) is 10.8 Å². The molecule has 0 bridgehead atoms. The normalized spacial score (nSPS) is 17.7. The Hall–Kier alpha value is -3.58. The third-order valence-corrected chi connectivity index (χ3v) is 5.70. The lowest BCUT2D eigenvalue weighted by Gasteiger charge is -2.25. The standard InChI is InChI=1S/C24H22ClN3O4/c1-32-19-5-2-4-17(14-19)22(29)20-21(16-6-8-18(25)9-7-16)28(24(31)23(20)30)12-3-11-27-13-10-26-15-27/h2,4-10,13-15,21,29H,3,11-12H2,1H3/b22-20+. The molecule has 1 atom stereocenters. The number of ether oxygens (including phenoxy) is 1. The van der Waals surface area contributed by atoms with E-state index >= 15 is 0 Å². The third-order valence-electron chi connectivity index (χ3n) is 5.44. The van der Waals surface area contributed by atoms with Gasteiger partial charge in [0.05, 0.1) is 25.1 Å². The maximum atomic E-state index is 13.0. The first-order valence-electron chi connectivity index (χ1n) is 10.1. The number of aromatic nitrogens is 2. The van der Waals surface area contributed by atoms with Gasteiger partial charge in [-0.05, 0) is 36.2 Å². The summed E-state index contributed by atoms with van der Waals surface area (Å²) in [6, 6.07) is 13.0. The summed E-state index contributed by atoms with van der Waals surface area (Å²) in [6.07, 6.45) is 5.85. The number of carbonyl (C=O) groups excluding carboxylic acids is 2. The van der Waals surface area contributed by atoms with Gasteiger partial charge in [-0.3, -0.25) is 9.59 Å². The SMILES string of the molecule is COc1cccc(/C(O)=C2\C(=O)C(=O)N(CCCn3ccnc3)C2c2ccc(Cl)cc2)c1. The number of amides is 1. The summed E-state index contributed by atoms with van der Waals surface area (Å²) in [5, 5.41) is 11.6. The Morgan fingerprint density at radius 3 is 2.62 bits per heavy atom. The summed E-state index contributed by atoms with van der Waals surface area (Å²) >= 11 is 6.05. The fourth-order valence-electron chi connectivity index (χ4n) is 3.87. The largest absolute Gasteiger partial charge is 0.507 e. The monoisotopic (exact) mass is 451 g/mol. The zero-order chi connectivity index (χ0) is 22.7. The summed E-state index contributed by atoms with van der Waals surface area (Å²) in [5.41, 5.74) is 1.15. The van der Waals surface area contributed by atoms with Crippen LogP contribution in [-0.2, 0) is 16.1 Å². The van der Waals surface area contributed by atoms with Crippen molar-refractivity contribution < 1.29 is 19.4 Å². The molecule has 1 aliphatic rings. The van der Waals surface area contributed by atoms with Crippen LogP contribution in [0.15, 0.2) is 72.8 Å². The Kier molecular flexibility index (Phi) is 6.28. The van der Waals surface area contributed by atoms with Crippen LogP contribution in [0.2, 0.25) is 5.02 Å². The Morgan fingerprint density at radius 1 is 1.16 bits per heavy atom. The summed E-state index contributed by atoms with van der Waals surface area (Å²) in [4.78, 5) is 31.6. The first kappa shape index (κ1) is 21.6. The van der Waals surface area contributed by atoms with Crippen molar-refractivity contribution in [2.45, 2.75) is 19.0 Å². The molecule has 0 saturated carbocycles. The summed E-state index contributed by atoms with van der Waals surface area (Å²) in [5.74, 6) is -1.06. The third kappa shape index (κ3) is 4.24. The molecule has 2 heterocycles. The Morgan fingerprint density at radius 2 is 1.94 bits per heavy atom. The number of halogens is 1. The lowest BCUT2D eigenvalue weighted by molar-refractivity contribution is -0.139. The highest BCUT2D eigenvalue weighted by atomic mass is 35.5. The topological polar surface area (TPSA) is 84.7 Å². The van der Waals surface area contributed by atoms with Crippen molar-refractivity contribution in [3.63, 3.8) is 0 Å². The summed E-state index contributed by atoms with van der Waals surface area (Å²) in [6.45, 7) is 0.983. The molecule has 1 amide bonds. The number of rotatable bonds is 7. The van der Waals surface area contributed by atoms with Gasteiger partial charge in [-0.15, -0.1) is 0 Å². The highest BCUT2D eigenvalue weighted by Gasteiger charge is 2.45. The molecule has 0 spiro atoms. The molecule has 8 heteroatoms. The number of carbonyl (C=O) groups is 2. The van der Waals surface area contributed by atoms with E-state index in [1.165, 1.54) is 12.0 Å². The lowest BCUT2D eigenvalue weighted by atomic mass is 9.95. The molecule has 1 aliphatic heterocycles. The molecule has 3 aromatic rings. The molecule has 7 nitrogen and oxygen atoms in total. The molecule has 1 fully saturated rings. The van der Waals surface area contributed by atoms with Crippen LogP contribution >= 0.6 is 11.6 Å². The molecule has 1 N–H and O–H groups in total. The van der Waals surface area contributed by atoms with Crippen LogP contribution in [0.4, 0.5) is 0 Å². The number of Topliss-reactive ketones (excluding diaryl/α,β-unsaturated/α-hetero) is 1. The van der Waals surface area contributed by atoms with Crippen molar-refractivity contribution in [2.24, 2.45) is 0 Å². The highest BCUT2D eigenvalue weighted by molar-refractivity contribution is 6.46. The molecular formula is C24H22ClN3O4. The van der Waals surface area contributed by atoms with Gasteiger partial charge >= 0.3 is 0 Å². The van der Waals surface area contributed by atoms with E-state index in [-0.39, 0.29) is 11.3 Å². The van der Waals surface area contributed by atoms with E-state index < -0.39 is 17.7 Å². The van der Waals surface area contributed by atoms with Crippen LogP contribution in [0, 0.1) is 0 Å². The van der Waals surface area contributed by atoms with E-state index in [0.29, 0.717) is 41.4 Å². The Balaban J connectivity index is 1.73. The van der Waals surface area contributed by atoms with Crippen LogP contribution in [0.25, 0.3) is 5.76 Å². The Labute approximate surface area is 190 Å². The van der Waals surface area contributed by atoms with Crippen molar-refractivity contribution in [3.8, 4) is 5.75 Å². The quantitative estimate of drug-likeness (QED) is 0.332. The average molecular weight is 452 g/mol. The summed E-state index contributed by atoms with van der Waals surface area (Å²) < 4.78 is 7.14. The maximum absolute atomic E-state index is 13.0. The number of nitrogens with zero attached hydrogens (tertiary/aromatic N) is 3. The van der Waals surface area contributed by atoms with Gasteiger partial charge in [0.1, 0.15) is 11.5 Å². The number of likely N-dealkylation sites (tertiary alicyclic amines) is 1. The van der Waals surface area contributed by atoms with Crippen molar-refractivity contribution in [2.75, 3.05) is 13.7 Å². The number of aliphatic hydroxyl groups excluding tert-OH is 1. The maximum Gasteiger partial charge on any atom is 0.295 e. The number of hydrogen-bond donors (Lipinski definition) is 1. The fourth-order valence-corrected chi connectivity index (χ4v) is 4.00. The lowest BCUT2D eigenvalue weighted by Crippen LogP contribution is -2.31. The molecule has 4 rings (SSSR count). The number of methoxy groups -OCH3 is 1. The van der Waals surface area contributed by atoms with E-state index in [2.05, 4.69) is 4.98 Å². The van der Waals surface area contributed by atoms with Gasteiger partial charge in [0.15, 0.2) is 0 Å². The zero-order valence-corrected chi connectivity index (χ0v) is 18.2. The number of ketones is 1. The second-order valence-electron chi connectivity index (χ2n) is 7.43. The van der Waals surface area contributed by atoms with Crippen LogP contribution in [-0.4, -0.2) is 44.9 Å². The second-order valence-corrected chi connectivity index (χ2v) is 7.87. The minimum atomic E-state index is -0.721. The smallest absolute Gasteiger partial charge is 0.295 e. The van der Waals surface area contributed by atoms with E-state index in [4.69, 9.17) is 16.3 Å². The molecule has 32 heavy (non-hydrogen) atoms. The predicted molar refractivity (Wildman–Crippen MR) is 120 cm³/mol. The van der Waals surface area contributed by atoms with Gasteiger partial charge in [0.25, 0.3) is 11.7 Å². The van der Waals surface area contributed by atoms with Gasteiger partial charge in [-0.1, -0.05) is 35.9 Å². The van der Waals surface area contributed by atoms with Crippen LogP contribution < -0.4 is 4.74 Å². The molecule has 0 radical (unpaired) electrons. The van der Waals surface area contributed by atoms with Gasteiger partial charge in [-0.2, -0.15) is 0 Å². The fraction of sp³-hybridized carbons (Fsp3) is 0.208. The molecule has 1 saturated heterocycles. The van der Waals surface area contributed by atoms with Gasteiger partial charge in [0, 0.05) is 36.1 Å². The van der Waals surface area contributed by atoms with Crippen LogP contribution in [0.1, 0.15) is 23.6 Å². The van der Waals surface area contributed by atoms with Crippen LogP contribution in [0.5, 0.6) is 5.75 Å². The first-order valence-corrected chi connectivity index (χ1v) is 10.5. The van der Waals surface area contributed by atoms with Crippen molar-refractivity contribution in [1.82, 2.24) is 14.5 Å². The Bertz CT molecular complexity index is 1160. The predicted octanol–water partition coefficient (Wildman–Crippen LogP) is 4.06. The van der Waals surface area contributed by atoms with E-state index in [1.54, 1.807) is 61.1 Å². The van der Waals surface area contributed by atoms with Crippen molar-refractivity contribution in [3.05, 3.63) is 89.0 Å².